The Morgan fingerprint density at radius 2 is 1.62 bits per heavy atom. The number of hydrogen-bond donors (Lipinski definition) is 1. The first kappa shape index (κ1) is 17.8. The molecule has 1 saturated heterocycles. The molecule has 3 fully saturated rings. The maximum atomic E-state index is 12.4. The topological polar surface area (TPSA) is 44.8 Å². The first-order chi connectivity index (χ1) is 12.8. The lowest BCUT2D eigenvalue weighted by Gasteiger charge is -2.34. The number of nitrogens with zero attached hydrogens (tertiary/aromatic N) is 2. The van der Waals surface area contributed by atoms with Gasteiger partial charge < -0.3 is 10.1 Å². The van der Waals surface area contributed by atoms with Crippen LogP contribution in [0.4, 0.5) is 0 Å². The van der Waals surface area contributed by atoms with Crippen molar-refractivity contribution < 1.29 is 9.53 Å². The first-order valence-electron chi connectivity index (χ1n) is 10.2. The van der Waals surface area contributed by atoms with Crippen LogP contribution in [0.15, 0.2) is 30.3 Å². The molecule has 1 aromatic carbocycles. The molecule has 0 spiro atoms. The van der Waals surface area contributed by atoms with Crippen LogP contribution in [0.25, 0.3) is 0 Å². The number of amides is 1. The Balaban J connectivity index is 1.12. The van der Waals surface area contributed by atoms with Crippen molar-refractivity contribution in [3.63, 3.8) is 0 Å². The third kappa shape index (κ3) is 5.21. The number of carbonyl (C=O) groups is 1. The highest BCUT2D eigenvalue weighted by molar-refractivity contribution is 5.78. The molecule has 0 unspecified atom stereocenters. The number of carbonyl (C=O) groups excluding carboxylic acids is 1. The molecule has 4 rings (SSSR count). The van der Waals surface area contributed by atoms with Crippen molar-refractivity contribution in [2.45, 2.75) is 31.7 Å². The lowest BCUT2D eigenvalue weighted by molar-refractivity contribution is -0.123. The van der Waals surface area contributed by atoms with E-state index in [1.807, 2.05) is 30.3 Å². The molecule has 1 amide bonds. The molecular formula is C21H31N3O2. The number of piperazine rings is 1. The Bertz CT molecular complexity index is 566. The Morgan fingerprint density at radius 1 is 1.00 bits per heavy atom. The Hall–Kier alpha value is -1.59. The Kier molecular flexibility index (Phi) is 5.75. The Morgan fingerprint density at radius 3 is 2.23 bits per heavy atom. The predicted molar refractivity (Wildman–Crippen MR) is 102 cm³/mol. The van der Waals surface area contributed by atoms with Crippen molar-refractivity contribution >= 4 is 5.91 Å². The molecule has 142 valence electrons. The summed E-state index contributed by atoms with van der Waals surface area (Å²) in [5, 5.41) is 3.34. The van der Waals surface area contributed by atoms with Crippen molar-refractivity contribution in [3.05, 3.63) is 30.3 Å². The summed E-state index contributed by atoms with van der Waals surface area (Å²) in [5.41, 5.74) is 0. The van der Waals surface area contributed by atoms with Gasteiger partial charge in [0, 0.05) is 38.8 Å². The van der Waals surface area contributed by atoms with Gasteiger partial charge in [0.1, 0.15) is 12.4 Å². The second-order valence-electron chi connectivity index (χ2n) is 8.05. The van der Waals surface area contributed by atoms with Crippen LogP contribution in [0.2, 0.25) is 0 Å². The van der Waals surface area contributed by atoms with Crippen molar-refractivity contribution in [1.82, 2.24) is 15.1 Å². The smallest absolute Gasteiger partial charge is 0.234 e. The quantitative estimate of drug-likeness (QED) is 0.734. The van der Waals surface area contributed by atoms with Crippen molar-refractivity contribution in [2.75, 3.05) is 45.9 Å². The van der Waals surface area contributed by atoms with Gasteiger partial charge in [0.15, 0.2) is 0 Å². The molecule has 26 heavy (non-hydrogen) atoms. The molecule has 0 aromatic heterocycles. The fourth-order valence-electron chi connectivity index (χ4n) is 3.95. The van der Waals surface area contributed by atoms with Crippen LogP contribution >= 0.6 is 0 Å². The number of rotatable bonds is 9. The number of hydrogen-bond acceptors (Lipinski definition) is 4. The third-order valence-corrected chi connectivity index (χ3v) is 5.84. The van der Waals surface area contributed by atoms with E-state index in [0.717, 1.165) is 56.9 Å². The van der Waals surface area contributed by atoms with Crippen LogP contribution in [0.1, 0.15) is 25.7 Å². The predicted octanol–water partition coefficient (Wildman–Crippen LogP) is 1.99. The molecular weight excluding hydrogens is 326 g/mol. The molecule has 0 bridgehead atoms. The maximum absolute atomic E-state index is 12.4. The first-order valence-corrected chi connectivity index (χ1v) is 10.2. The SMILES string of the molecule is O=C(CN1CCN(CCOc2ccccc2)CC1)NC(C1CC1)C1CC1. The molecule has 1 N–H and O–H groups in total. The van der Waals surface area contributed by atoms with Crippen molar-refractivity contribution in [3.8, 4) is 5.75 Å². The van der Waals surface area contributed by atoms with E-state index in [1.54, 1.807) is 0 Å². The minimum atomic E-state index is 0.231. The van der Waals surface area contributed by atoms with Gasteiger partial charge in [-0.2, -0.15) is 0 Å². The number of para-hydroxylation sites is 1. The highest BCUT2D eigenvalue weighted by Gasteiger charge is 2.42. The standard InChI is InChI=1S/C21H31N3O2/c25-20(22-21(17-6-7-17)18-8-9-18)16-24-12-10-23(11-13-24)14-15-26-19-4-2-1-3-5-19/h1-5,17-18,21H,6-16H2,(H,22,25). The van der Waals surface area contributed by atoms with E-state index in [0.29, 0.717) is 12.6 Å². The van der Waals surface area contributed by atoms with Gasteiger partial charge in [0.2, 0.25) is 5.91 Å². The lowest BCUT2D eigenvalue weighted by atomic mass is 10.1. The van der Waals surface area contributed by atoms with Crippen LogP contribution in [-0.2, 0) is 4.79 Å². The molecule has 5 heteroatoms. The van der Waals surface area contributed by atoms with Gasteiger partial charge in [0.05, 0.1) is 6.54 Å². The van der Waals surface area contributed by atoms with Gasteiger partial charge in [-0.15, -0.1) is 0 Å². The zero-order chi connectivity index (χ0) is 17.8. The Labute approximate surface area is 156 Å². The molecule has 2 aliphatic carbocycles. The van der Waals surface area contributed by atoms with Crippen LogP contribution in [-0.4, -0.2) is 67.6 Å². The molecule has 1 aliphatic heterocycles. The monoisotopic (exact) mass is 357 g/mol. The van der Waals surface area contributed by atoms with E-state index in [-0.39, 0.29) is 5.91 Å². The highest BCUT2D eigenvalue weighted by Crippen LogP contribution is 2.44. The average Bonchev–Trinajstić information content (AvgIpc) is 3.56. The van der Waals surface area contributed by atoms with E-state index in [1.165, 1.54) is 25.7 Å². The van der Waals surface area contributed by atoms with Crippen molar-refractivity contribution in [2.24, 2.45) is 11.8 Å². The summed E-state index contributed by atoms with van der Waals surface area (Å²) in [6.45, 7) is 6.19. The largest absolute Gasteiger partial charge is 0.492 e. The van der Waals surface area contributed by atoms with Crippen LogP contribution in [0.5, 0.6) is 5.75 Å². The molecule has 0 atom stereocenters. The van der Waals surface area contributed by atoms with Gasteiger partial charge in [-0.3, -0.25) is 14.6 Å². The fraction of sp³-hybridized carbons (Fsp3) is 0.667. The van der Waals surface area contributed by atoms with Gasteiger partial charge in [-0.05, 0) is 49.7 Å². The van der Waals surface area contributed by atoms with Crippen molar-refractivity contribution in [1.29, 1.82) is 0 Å². The lowest BCUT2D eigenvalue weighted by Crippen LogP contribution is -2.51. The maximum Gasteiger partial charge on any atom is 0.234 e. The van der Waals surface area contributed by atoms with Gasteiger partial charge in [-0.25, -0.2) is 0 Å². The summed E-state index contributed by atoms with van der Waals surface area (Å²) in [6.07, 6.45) is 5.24. The molecule has 1 heterocycles. The number of nitrogens with one attached hydrogen (secondary N) is 1. The summed E-state index contributed by atoms with van der Waals surface area (Å²) < 4.78 is 5.78. The van der Waals surface area contributed by atoms with Gasteiger partial charge >= 0.3 is 0 Å². The minimum absolute atomic E-state index is 0.231. The van der Waals surface area contributed by atoms with E-state index < -0.39 is 0 Å². The zero-order valence-corrected chi connectivity index (χ0v) is 15.6. The van der Waals surface area contributed by atoms with Crippen LogP contribution in [0, 0.1) is 11.8 Å². The van der Waals surface area contributed by atoms with Gasteiger partial charge in [-0.1, -0.05) is 18.2 Å². The van der Waals surface area contributed by atoms with Crippen LogP contribution < -0.4 is 10.1 Å². The minimum Gasteiger partial charge on any atom is -0.492 e. The van der Waals surface area contributed by atoms with Crippen LogP contribution in [0.3, 0.4) is 0 Å². The van der Waals surface area contributed by atoms with Gasteiger partial charge in [0.25, 0.3) is 0 Å². The summed E-state index contributed by atoms with van der Waals surface area (Å²) in [6, 6.07) is 10.4. The average molecular weight is 357 g/mol. The van der Waals surface area contributed by atoms with E-state index in [2.05, 4.69) is 15.1 Å². The van der Waals surface area contributed by atoms with E-state index in [9.17, 15) is 4.79 Å². The summed E-state index contributed by atoms with van der Waals surface area (Å²) >= 11 is 0. The third-order valence-electron chi connectivity index (χ3n) is 5.84. The molecule has 5 nitrogen and oxygen atoms in total. The molecule has 3 aliphatic rings. The number of ether oxygens (including phenoxy) is 1. The summed E-state index contributed by atoms with van der Waals surface area (Å²) in [7, 11) is 0. The molecule has 1 aromatic rings. The summed E-state index contributed by atoms with van der Waals surface area (Å²) in [5.74, 6) is 2.71. The van der Waals surface area contributed by atoms with E-state index >= 15 is 0 Å². The normalized spacial score (nSPS) is 21.7. The highest BCUT2D eigenvalue weighted by atomic mass is 16.5. The van der Waals surface area contributed by atoms with E-state index in [4.69, 9.17) is 4.74 Å². The fourth-order valence-corrected chi connectivity index (χ4v) is 3.95. The zero-order valence-electron chi connectivity index (χ0n) is 15.6. The second kappa shape index (κ2) is 8.40. The molecule has 0 radical (unpaired) electrons. The molecule has 2 saturated carbocycles. The second-order valence-corrected chi connectivity index (χ2v) is 8.05. The summed E-state index contributed by atoms with van der Waals surface area (Å²) in [4.78, 5) is 17.1. The number of benzene rings is 1.